The Kier molecular flexibility index (Phi) is 8.16. The quantitative estimate of drug-likeness (QED) is 0.421. The number of hydrogen-bond donors (Lipinski definition) is 3. The molecule has 0 atom stereocenters. The third kappa shape index (κ3) is 7.14. The Morgan fingerprint density at radius 2 is 1.62 bits per heavy atom. The largest absolute Gasteiger partial charge is 0.332 e. The van der Waals surface area contributed by atoms with Crippen molar-refractivity contribution in [1.82, 2.24) is 5.32 Å². The van der Waals surface area contributed by atoms with Crippen LogP contribution < -0.4 is 15.4 Å². The zero-order valence-electron chi connectivity index (χ0n) is 16.9. The molecule has 0 radical (unpaired) electrons. The van der Waals surface area contributed by atoms with Crippen molar-refractivity contribution in [3.05, 3.63) is 53.6 Å². The second-order valence-electron chi connectivity index (χ2n) is 6.89. The van der Waals surface area contributed by atoms with Gasteiger partial charge in [-0.05, 0) is 80.0 Å². The summed E-state index contributed by atoms with van der Waals surface area (Å²) in [6, 6.07) is 11.6. The highest BCUT2D eigenvalue weighted by molar-refractivity contribution is 7.92. The normalized spacial score (nSPS) is 11.0. The molecule has 0 saturated carbocycles. The smallest absolute Gasteiger partial charge is 0.261 e. The molecule has 1 amide bonds. The van der Waals surface area contributed by atoms with Crippen LogP contribution in [0.25, 0.3) is 0 Å². The standard InChI is InChI=1S/C21H27N3O3S2/c1-4-5-6-7-20(25)23-21(28)22-17-10-12-19(13-11-17)29(26,27)24-18-9-8-15(2)16(3)14-18/h8-14,24H,4-7H2,1-3H3,(H2,22,23,25,28). The molecule has 3 N–H and O–H groups in total. The molecule has 0 aliphatic rings. The van der Waals surface area contributed by atoms with Gasteiger partial charge in [-0.1, -0.05) is 25.8 Å². The van der Waals surface area contributed by atoms with Crippen LogP contribution in [-0.2, 0) is 14.8 Å². The summed E-state index contributed by atoms with van der Waals surface area (Å²) in [5.41, 5.74) is 3.21. The summed E-state index contributed by atoms with van der Waals surface area (Å²) in [5.74, 6) is -0.132. The molecule has 0 spiro atoms. The molecule has 0 unspecified atom stereocenters. The first-order valence-electron chi connectivity index (χ1n) is 9.52. The first-order chi connectivity index (χ1) is 13.7. The molecular weight excluding hydrogens is 406 g/mol. The van der Waals surface area contributed by atoms with E-state index in [1.54, 1.807) is 24.3 Å². The number of unbranched alkanes of at least 4 members (excludes halogenated alkanes) is 2. The number of carbonyl (C=O) groups is 1. The molecule has 8 heteroatoms. The van der Waals surface area contributed by atoms with Gasteiger partial charge in [0, 0.05) is 17.8 Å². The third-order valence-corrected chi connectivity index (χ3v) is 6.04. The number of anilines is 2. The van der Waals surface area contributed by atoms with Crippen LogP contribution in [0.4, 0.5) is 11.4 Å². The molecular formula is C21H27N3O3S2. The lowest BCUT2D eigenvalue weighted by Crippen LogP contribution is -2.33. The van der Waals surface area contributed by atoms with Gasteiger partial charge in [0.2, 0.25) is 5.91 Å². The van der Waals surface area contributed by atoms with Gasteiger partial charge in [-0.2, -0.15) is 0 Å². The average molecular weight is 434 g/mol. The van der Waals surface area contributed by atoms with Gasteiger partial charge >= 0.3 is 0 Å². The molecule has 0 saturated heterocycles. The third-order valence-electron chi connectivity index (χ3n) is 4.44. The molecule has 0 heterocycles. The van der Waals surface area contributed by atoms with Gasteiger partial charge in [0.15, 0.2) is 5.11 Å². The van der Waals surface area contributed by atoms with E-state index in [0.717, 1.165) is 30.4 Å². The van der Waals surface area contributed by atoms with Gasteiger partial charge in [-0.15, -0.1) is 0 Å². The van der Waals surface area contributed by atoms with Gasteiger partial charge in [0.05, 0.1) is 4.90 Å². The second-order valence-corrected chi connectivity index (χ2v) is 8.98. The van der Waals surface area contributed by atoms with Crippen LogP contribution in [0.3, 0.4) is 0 Å². The van der Waals surface area contributed by atoms with Crippen molar-refractivity contribution < 1.29 is 13.2 Å². The van der Waals surface area contributed by atoms with Crippen molar-refractivity contribution >= 4 is 44.6 Å². The summed E-state index contributed by atoms with van der Waals surface area (Å²) < 4.78 is 27.8. The average Bonchev–Trinajstić information content (AvgIpc) is 2.65. The van der Waals surface area contributed by atoms with Crippen LogP contribution in [0.5, 0.6) is 0 Å². The van der Waals surface area contributed by atoms with Crippen molar-refractivity contribution in [2.24, 2.45) is 0 Å². The summed E-state index contributed by atoms with van der Waals surface area (Å²) in [6.07, 6.45) is 3.30. The summed E-state index contributed by atoms with van der Waals surface area (Å²) >= 11 is 5.13. The SMILES string of the molecule is CCCCCC(=O)NC(=S)Nc1ccc(S(=O)(=O)Nc2ccc(C)c(C)c2)cc1. The fourth-order valence-corrected chi connectivity index (χ4v) is 3.90. The fraction of sp³-hybridized carbons (Fsp3) is 0.333. The number of hydrogen-bond acceptors (Lipinski definition) is 4. The van der Waals surface area contributed by atoms with E-state index in [9.17, 15) is 13.2 Å². The molecule has 156 valence electrons. The van der Waals surface area contributed by atoms with Gasteiger partial charge in [-0.3, -0.25) is 9.52 Å². The van der Waals surface area contributed by atoms with E-state index in [1.807, 2.05) is 19.9 Å². The van der Waals surface area contributed by atoms with Crippen molar-refractivity contribution in [3.8, 4) is 0 Å². The zero-order valence-corrected chi connectivity index (χ0v) is 18.5. The molecule has 0 aliphatic heterocycles. The molecule has 2 aromatic carbocycles. The summed E-state index contributed by atoms with van der Waals surface area (Å²) in [4.78, 5) is 11.9. The lowest BCUT2D eigenvalue weighted by Gasteiger charge is -2.12. The van der Waals surface area contributed by atoms with Crippen LogP contribution in [0.1, 0.15) is 43.7 Å². The minimum atomic E-state index is -3.70. The first-order valence-corrected chi connectivity index (χ1v) is 11.4. The first kappa shape index (κ1) is 22.8. The van der Waals surface area contributed by atoms with Crippen LogP contribution in [0, 0.1) is 13.8 Å². The Bertz CT molecular complexity index is 971. The summed E-state index contributed by atoms with van der Waals surface area (Å²) in [5, 5.41) is 5.71. The minimum absolute atomic E-state index is 0.132. The number of sulfonamides is 1. The number of rotatable bonds is 8. The minimum Gasteiger partial charge on any atom is -0.332 e. The molecule has 0 aromatic heterocycles. The highest BCUT2D eigenvalue weighted by Gasteiger charge is 2.14. The molecule has 6 nitrogen and oxygen atoms in total. The maximum atomic E-state index is 12.6. The van der Waals surface area contributed by atoms with Crippen molar-refractivity contribution in [2.45, 2.75) is 51.3 Å². The van der Waals surface area contributed by atoms with Crippen molar-refractivity contribution in [2.75, 3.05) is 10.0 Å². The molecule has 2 rings (SSSR count). The van der Waals surface area contributed by atoms with E-state index >= 15 is 0 Å². The predicted molar refractivity (Wildman–Crippen MR) is 122 cm³/mol. The Morgan fingerprint density at radius 3 is 2.24 bits per heavy atom. The molecule has 2 aromatic rings. The van der Waals surface area contributed by atoms with E-state index in [2.05, 4.69) is 22.3 Å². The number of benzene rings is 2. The van der Waals surface area contributed by atoms with E-state index in [4.69, 9.17) is 12.2 Å². The van der Waals surface area contributed by atoms with Crippen molar-refractivity contribution in [3.63, 3.8) is 0 Å². The monoisotopic (exact) mass is 433 g/mol. The Morgan fingerprint density at radius 1 is 0.966 bits per heavy atom. The summed E-state index contributed by atoms with van der Waals surface area (Å²) in [6.45, 7) is 5.97. The van der Waals surface area contributed by atoms with Gasteiger partial charge in [-0.25, -0.2) is 8.42 Å². The van der Waals surface area contributed by atoms with E-state index in [1.165, 1.54) is 12.1 Å². The lowest BCUT2D eigenvalue weighted by molar-refractivity contribution is -0.119. The number of nitrogens with one attached hydrogen (secondary N) is 3. The van der Waals surface area contributed by atoms with Gasteiger partial charge in [0.25, 0.3) is 10.0 Å². The Balaban J connectivity index is 1.97. The zero-order chi connectivity index (χ0) is 21.4. The van der Waals surface area contributed by atoms with Gasteiger partial charge in [0.1, 0.15) is 0 Å². The summed E-state index contributed by atoms with van der Waals surface area (Å²) in [7, 11) is -3.70. The highest BCUT2D eigenvalue weighted by Crippen LogP contribution is 2.20. The fourth-order valence-electron chi connectivity index (χ4n) is 2.62. The number of thiocarbonyl (C=S) groups is 1. The second kappa shape index (κ2) is 10.4. The van der Waals surface area contributed by atoms with Crippen molar-refractivity contribution in [1.29, 1.82) is 0 Å². The van der Waals surface area contributed by atoms with Gasteiger partial charge < -0.3 is 10.6 Å². The van der Waals surface area contributed by atoms with E-state index < -0.39 is 10.0 Å². The van der Waals surface area contributed by atoms with E-state index in [0.29, 0.717) is 17.8 Å². The number of amides is 1. The molecule has 0 aliphatic carbocycles. The molecule has 29 heavy (non-hydrogen) atoms. The maximum Gasteiger partial charge on any atom is 0.261 e. The maximum absolute atomic E-state index is 12.6. The highest BCUT2D eigenvalue weighted by atomic mass is 32.2. The van der Waals surface area contributed by atoms with Crippen LogP contribution in [0.2, 0.25) is 0 Å². The predicted octanol–water partition coefficient (Wildman–Crippen LogP) is 4.50. The molecule has 0 fully saturated rings. The van der Waals surface area contributed by atoms with Crippen LogP contribution in [-0.4, -0.2) is 19.4 Å². The van der Waals surface area contributed by atoms with E-state index in [-0.39, 0.29) is 15.9 Å². The van der Waals surface area contributed by atoms with Crippen LogP contribution in [0.15, 0.2) is 47.4 Å². The Labute approximate surface area is 178 Å². The topological polar surface area (TPSA) is 87.3 Å². The van der Waals surface area contributed by atoms with Crippen LogP contribution >= 0.6 is 12.2 Å². The lowest BCUT2D eigenvalue weighted by atomic mass is 10.1. The Hall–Kier alpha value is -2.45. The number of aryl methyl sites for hydroxylation is 2. The molecule has 0 bridgehead atoms. The number of carbonyl (C=O) groups excluding carboxylic acids is 1.